The van der Waals surface area contributed by atoms with Crippen LogP contribution >= 0.6 is 0 Å². The van der Waals surface area contributed by atoms with Gasteiger partial charge in [0.25, 0.3) is 0 Å². The Labute approximate surface area is 97.3 Å². The lowest BCUT2D eigenvalue weighted by atomic mass is 10.2. The number of hydrogen-bond donors (Lipinski definition) is 0. The molecule has 1 aromatic rings. The van der Waals surface area contributed by atoms with Crippen molar-refractivity contribution in [2.75, 3.05) is 11.9 Å². The van der Waals surface area contributed by atoms with Gasteiger partial charge in [-0.3, -0.25) is 4.79 Å². The van der Waals surface area contributed by atoms with Crippen molar-refractivity contribution in [3.63, 3.8) is 0 Å². The van der Waals surface area contributed by atoms with Gasteiger partial charge >= 0.3 is 6.18 Å². The lowest BCUT2D eigenvalue weighted by Crippen LogP contribution is -2.11. The Balaban J connectivity index is 2.96. The molecule has 0 aliphatic carbocycles. The van der Waals surface area contributed by atoms with Gasteiger partial charge in [0.05, 0.1) is 5.56 Å². The van der Waals surface area contributed by atoms with Gasteiger partial charge in [0, 0.05) is 18.9 Å². The molecule has 17 heavy (non-hydrogen) atoms. The molecule has 0 atom stereocenters. The lowest BCUT2D eigenvalue weighted by Gasteiger charge is -2.16. The summed E-state index contributed by atoms with van der Waals surface area (Å²) in [6.45, 7) is 1.37. The Hall–Kier alpha value is -1.78. The average molecular weight is 243 g/mol. The van der Waals surface area contributed by atoms with Crippen LogP contribution < -0.4 is 4.90 Å². The maximum Gasteiger partial charge on any atom is 0.416 e. The minimum Gasteiger partial charge on any atom is -0.351 e. The molecule has 2 nitrogen and oxygen atoms in total. The number of halogens is 3. The monoisotopic (exact) mass is 243 g/mol. The molecule has 0 aliphatic rings. The van der Waals surface area contributed by atoms with Crippen molar-refractivity contribution < 1.29 is 18.0 Å². The van der Waals surface area contributed by atoms with Crippen molar-refractivity contribution in [2.45, 2.75) is 13.1 Å². The number of ketones is 1. The van der Waals surface area contributed by atoms with Crippen molar-refractivity contribution in [3.8, 4) is 0 Å². The molecule has 1 aromatic carbocycles. The third-order valence-corrected chi connectivity index (χ3v) is 2.11. The number of benzene rings is 1. The minimum atomic E-state index is -4.36. The number of rotatable bonds is 3. The summed E-state index contributed by atoms with van der Waals surface area (Å²) >= 11 is 0. The Morgan fingerprint density at radius 1 is 1.35 bits per heavy atom. The zero-order chi connectivity index (χ0) is 13.1. The second-order valence-corrected chi connectivity index (χ2v) is 3.59. The highest BCUT2D eigenvalue weighted by molar-refractivity contribution is 5.87. The maximum absolute atomic E-state index is 12.5. The first-order valence-electron chi connectivity index (χ1n) is 4.89. The van der Waals surface area contributed by atoms with Crippen LogP contribution in [0.15, 0.2) is 36.5 Å². The molecule has 0 bridgehead atoms. The summed E-state index contributed by atoms with van der Waals surface area (Å²) in [6, 6.07) is 4.91. The summed E-state index contributed by atoms with van der Waals surface area (Å²) in [7, 11) is 1.58. The molecule has 0 fully saturated rings. The summed E-state index contributed by atoms with van der Waals surface area (Å²) in [5, 5.41) is 0. The Morgan fingerprint density at radius 3 is 2.53 bits per heavy atom. The number of allylic oxidation sites excluding steroid dienone is 1. The van der Waals surface area contributed by atoms with Crippen LogP contribution in [0.1, 0.15) is 12.5 Å². The van der Waals surface area contributed by atoms with E-state index in [0.29, 0.717) is 5.69 Å². The summed E-state index contributed by atoms with van der Waals surface area (Å²) in [5.74, 6) is -0.163. The van der Waals surface area contributed by atoms with Gasteiger partial charge in [0.2, 0.25) is 0 Å². The molecule has 0 spiro atoms. The number of hydrogen-bond acceptors (Lipinski definition) is 2. The second kappa shape index (κ2) is 5.03. The van der Waals surface area contributed by atoms with Crippen molar-refractivity contribution in [3.05, 3.63) is 42.1 Å². The number of alkyl halides is 3. The van der Waals surface area contributed by atoms with Gasteiger partial charge in [-0.2, -0.15) is 13.2 Å². The third-order valence-electron chi connectivity index (χ3n) is 2.11. The van der Waals surface area contributed by atoms with Crippen molar-refractivity contribution in [1.82, 2.24) is 0 Å². The number of nitrogens with zero attached hydrogens (tertiary/aromatic N) is 1. The zero-order valence-corrected chi connectivity index (χ0v) is 9.45. The molecule has 92 valence electrons. The van der Waals surface area contributed by atoms with Gasteiger partial charge in [0.1, 0.15) is 0 Å². The van der Waals surface area contributed by atoms with Crippen molar-refractivity contribution >= 4 is 11.5 Å². The van der Waals surface area contributed by atoms with Crippen LogP contribution in [-0.2, 0) is 11.0 Å². The lowest BCUT2D eigenvalue weighted by molar-refractivity contribution is -0.137. The fourth-order valence-corrected chi connectivity index (χ4v) is 1.20. The molecule has 5 heteroatoms. The number of anilines is 1. The zero-order valence-electron chi connectivity index (χ0n) is 9.45. The van der Waals surface area contributed by atoms with Crippen LogP contribution in [0.5, 0.6) is 0 Å². The topological polar surface area (TPSA) is 20.3 Å². The fraction of sp³-hybridized carbons (Fsp3) is 0.250. The summed E-state index contributed by atoms with van der Waals surface area (Å²) in [5.41, 5.74) is -0.338. The van der Waals surface area contributed by atoms with E-state index >= 15 is 0 Å². The van der Waals surface area contributed by atoms with E-state index in [1.165, 1.54) is 30.2 Å². The smallest absolute Gasteiger partial charge is 0.351 e. The van der Waals surface area contributed by atoms with Crippen LogP contribution in [0.4, 0.5) is 18.9 Å². The van der Waals surface area contributed by atoms with Gasteiger partial charge in [-0.05, 0) is 31.2 Å². The first-order chi connectivity index (χ1) is 7.80. The number of carbonyl (C=O) groups excluding carboxylic acids is 1. The van der Waals surface area contributed by atoms with E-state index in [1.54, 1.807) is 13.1 Å². The quantitative estimate of drug-likeness (QED) is 0.759. The van der Waals surface area contributed by atoms with Crippen molar-refractivity contribution in [2.24, 2.45) is 0 Å². The van der Waals surface area contributed by atoms with E-state index in [-0.39, 0.29) is 5.78 Å². The first-order valence-corrected chi connectivity index (χ1v) is 4.89. The van der Waals surface area contributed by atoms with Crippen LogP contribution in [0.2, 0.25) is 0 Å². The summed E-state index contributed by atoms with van der Waals surface area (Å²) in [6.07, 6.45) is -1.64. The molecule has 0 aliphatic heterocycles. The molecule has 0 aromatic heterocycles. The molecule has 0 heterocycles. The minimum absolute atomic E-state index is 0.163. The molecule has 1 rings (SSSR count). The van der Waals surface area contributed by atoms with E-state index in [4.69, 9.17) is 0 Å². The Morgan fingerprint density at radius 2 is 2.00 bits per heavy atom. The van der Waals surface area contributed by atoms with Gasteiger partial charge < -0.3 is 4.90 Å². The van der Waals surface area contributed by atoms with Crippen molar-refractivity contribution in [1.29, 1.82) is 0 Å². The fourth-order valence-electron chi connectivity index (χ4n) is 1.20. The Bertz CT molecular complexity index is 438. The van der Waals surface area contributed by atoms with E-state index in [9.17, 15) is 18.0 Å². The molecular weight excluding hydrogens is 231 g/mol. The first kappa shape index (κ1) is 13.3. The normalized spacial score (nSPS) is 11.8. The molecule has 0 radical (unpaired) electrons. The highest BCUT2D eigenvalue weighted by Gasteiger charge is 2.30. The summed E-state index contributed by atoms with van der Waals surface area (Å²) < 4.78 is 37.4. The SMILES string of the molecule is CC(=O)/C=C/N(C)c1cccc(C(F)(F)F)c1. The molecule has 0 unspecified atom stereocenters. The largest absolute Gasteiger partial charge is 0.416 e. The van der Waals surface area contributed by atoms with E-state index in [0.717, 1.165) is 12.1 Å². The summed E-state index contributed by atoms with van der Waals surface area (Å²) in [4.78, 5) is 12.2. The van der Waals surface area contributed by atoms with Crippen LogP contribution in [-0.4, -0.2) is 12.8 Å². The van der Waals surface area contributed by atoms with Crippen LogP contribution in [0, 0.1) is 0 Å². The molecule has 0 saturated carbocycles. The average Bonchev–Trinajstić information content (AvgIpc) is 2.25. The van der Waals surface area contributed by atoms with Crippen LogP contribution in [0.3, 0.4) is 0 Å². The molecule has 0 amide bonds. The van der Waals surface area contributed by atoms with E-state index in [2.05, 4.69) is 0 Å². The third kappa shape index (κ3) is 3.94. The van der Waals surface area contributed by atoms with Gasteiger partial charge in [0.15, 0.2) is 5.78 Å². The number of carbonyl (C=O) groups is 1. The molecular formula is C12H12F3NO. The predicted molar refractivity (Wildman–Crippen MR) is 59.7 cm³/mol. The van der Waals surface area contributed by atoms with Crippen LogP contribution in [0.25, 0.3) is 0 Å². The van der Waals surface area contributed by atoms with E-state index in [1.807, 2.05) is 0 Å². The van der Waals surface area contributed by atoms with E-state index < -0.39 is 11.7 Å². The second-order valence-electron chi connectivity index (χ2n) is 3.59. The predicted octanol–water partition coefficient (Wildman–Crippen LogP) is 3.24. The highest BCUT2D eigenvalue weighted by atomic mass is 19.4. The molecule has 0 saturated heterocycles. The van der Waals surface area contributed by atoms with Gasteiger partial charge in [-0.15, -0.1) is 0 Å². The standard InChI is InChI=1S/C12H12F3NO/c1-9(17)6-7-16(2)11-5-3-4-10(8-11)12(13,14)15/h3-8H,1-2H3/b7-6+. The van der Waals surface area contributed by atoms with Gasteiger partial charge in [-0.1, -0.05) is 6.07 Å². The Kier molecular flexibility index (Phi) is 3.93. The molecule has 0 N–H and O–H groups in total. The van der Waals surface area contributed by atoms with Gasteiger partial charge in [-0.25, -0.2) is 0 Å². The maximum atomic E-state index is 12.5. The highest BCUT2D eigenvalue weighted by Crippen LogP contribution is 2.31.